The first-order chi connectivity index (χ1) is 9.83. The van der Waals surface area contributed by atoms with Crippen LogP contribution in [-0.4, -0.2) is 15.5 Å². The first kappa shape index (κ1) is 16.5. The van der Waals surface area contributed by atoms with Gasteiger partial charge in [-0.2, -0.15) is 0 Å². The van der Waals surface area contributed by atoms with Gasteiger partial charge in [-0.25, -0.2) is 8.42 Å². The van der Waals surface area contributed by atoms with Gasteiger partial charge in [0, 0.05) is 15.9 Å². The van der Waals surface area contributed by atoms with E-state index < -0.39 is 10.0 Å². The molecule has 0 saturated carbocycles. The minimum atomic E-state index is -3.56. The SMILES string of the molecule is CNCc1ccc(S(=O)(=O)Nc2c(C)cc(C)cc2Br)s1. The van der Waals surface area contributed by atoms with Crippen molar-refractivity contribution in [3.63, 3.8) is 0 Å². The van der Waals surface area contributed by atoms with Gasteiger partial charge < -0.3 is 5.32 Å². The van der Waals surface area contributed by atoms with Gasteiger partial charge in [-0.1, -0.05) is 6.07 Å². The molecule has 2 aromatic rings. The van der Waals surface area contributed by atoms with Gasteiger partial charge in [0.25, 0.3) is 10.0 Å². The minimum Gasteiger partial charge on any atom is -0.315 e. The van der Waals surface area contributed by atoms with Gasteiger partial charge in [-0.05, 0) is 66.2 Å². The summed E-state index contributed by atoms with van der Waals surface area (Å²) in [6.07, 6.45) is 0. The van der Waals surface area contributed by atoms with Gasteiger partial charge >= 0.3 is 0 Å². The zero-order valence-corrected chi connectivity index (χ0v) is 15.2. The monoisotopic (exact) mass is 388 g/mol. The van der Waals surface area contributed by atoms with E-state index in [4.69, 9.17) is 0 Å². The van der Waals surface area contributed by atoms with E-state index in [1.54, 1.807) is 6.07 Å². The molecule has 0 atom stereocenters. The van der Waals surface area contributed by atoms with Crippen LogP contribution in [0.15, 0.2) is 32.9 Å². The second-order valence-electron chi connectivity index (χ2n) is 4.80. The third-order valence-corrected chi connectivity index (χ3v) is 6.47. The molecular weight excluding hydrogens is 372 g/mol. The Bertz CT molecular complexity index is 731. The molecule has 0 fully saturated rings. The van der Waals surface area contributed by atoms with Crippen molar-refractivity contribution in [1.29, 1.82) is 0 Å². The summed E-state index contributed by atoms with van der Waals surface area (Å²) < 4.78 is 28.7. The van der Waals surface area contributed by atoms with Crippen LogP contribution >= 0.6 is 27.3 Å². The number of hydrogen-bond acceptors (Lipinski definition) is 4. The van der Waals surface area contributed by atoms with Crippen LogP contribution in [0.1, 0.15) is 16.0 Å². The van der Waals surface area contributed by atoms with Crippen molar-refractivity contribution >= 4 is 43.0 Å². The first-order valence-electron chi connectivity index (χ1n) is 6.36. The standard InChI is InChI=1S/C14H17BrN2O2S2/c1-9-6-10(2)14(12(15)7-9)17-21(18,19)13-5-4-11(20-13)8-16-3/h4-7,16-17H,8H2,1-3H3. The molecule has 0 bridgehead atoms. The quantitative estimate of drug-likeness (QED) is 0.821. The largest absolute Gasteiger partial charge is 0.315 e. The summed E-state index contributed by atoms with van der Waals surface area (Å²) in [7, 11) is -1.73. The maximum absolute atomic E-state index is 12.5. The van der Waals surface area contributed by atoms with Crippen LogP contribution in [0.4, 0.5) is 5.69 Å². The molecular formula is C14H17BrN2O2S2. The average molecular weight is 389 g/mol. The van der Waals surface area contributed by atoms with E-state index in [1.165, 1.54) is 11.3 Å². The first-order valence-corrected chi connectivity index (χ1v) is 9.45. The lowest BCUT2D eigenvalue weighted by molar-refractivity contribution is 0.603. The molecule has 0 aliphatic heterocycles. The van der Waals surface area contributed by atoms with Crippen molar-refractivity contribution in [2.45, 2.75) is 24.6 Å². The Morgan fingerprint density at radius 1 is 1.24 bits per heavy atom. The van der Waals surface area contributed by atoms with E-state index in [1.807, 2.05) is 39.1 Å². The molecule has 4 nitrogen and oxygen atoms in total. The van der Waals surface area contributed by atoms with Crippen LogP contribution in [0.25, 0.3) is 0 Å². The predicted octanol–water partition coefficient (Wildman–Crippen LogP) is 3.65. The Morgan fingerprint density at radius 2 is 1.95 bits per heavy atom. The predicted molar refractivity (Wildman–Crippen MR) is 91.5 cm³/mol. The van der Waals surface area contributed by atoms with Gasteiger partial charge in [-0.15, -0.1) is 11.3 Å². The lowest BCUT2D eigenvalue weighted by atomic mass is 10.1. The summed E-state index contributed by atoms with van der Waals surface area (Å²) in [5, 5.41) is 3.01. The number of rotatable bonds is 5. The minimum absolute atomic E-state index is 0.319. The highest BCUT2D eigenvalue weighted by molar-refractivity contribution is 9.10. The van der Waals surface area contributed by atoms with Crippen LogP contribution < -0.4 is 10.0 Å². The average Bonchev–Trinajstić information content (AvgIpc) is 2.84. The Labute approximate surface area is 137 Å². The highest BCUT2D eigenvalue weighted by Crippen LogP contribution is 2.31. The molecule has 0 aliphatic rings. The molecule has 7 heteroatoms. The second-order valence-corrected chi connectivity index (χ2v) is 8.73. The van der Waals surface area contributed by atoms with Crippen molar-refractivity contribution < 1.29 is 8.42 Å². The van der Waals surface area contributed by atoms with Crippen molar-refractivity contribution in [3.05, 3.63) is 44.7 Å². The Balaban J connectivity index is 2.33. The van der Waals surface area contributed by atoms with Crippen molar-refractivity contribution in [3.8, 4) is 0 Å². The molecule has 0 unspecified atom stereocenters. The van der Waals surface area contributed by atoms with Gasteiger partial charge in [-0.3, -0.25) is 4.72 Å². The fourth-order valence-corrected chi connectivity index (χ4v) is 5.43. The van der Waals surface area contributed by atoms with Crippen LogP contribution in [-0.2, 0) is 16.6 Å². The van der Waals surface area contributed by atoms with Gasteiger partial charge in [0.1, 0.15) is 4.21 Å². The number of aryl methyl sites for hydroxylation is 2. The fraction of sp³-hybridized carbons (Fsp3) is 0.286. The van der Waals surface area contributed by atoms with E-state index in [9.17, 15) is 8.42 Å². The molecule has 0 aliphatic carbocycles. The van der Waals surface area contributed by atoms with Crippen LogP contribution in [0.3, 0.4) is 0 Å². The Morgan fingerprint density at radius 3 is 2.57 bits per heavy atom. The number of halogens is 1. The molecule has 21 heavy (non-hydrogen) atoms. The second kappa shape index (κ2) is 6.48. The zero-order valence-electron chi connectivity index (χ0n) is 12.0. The number of hydrogen-bond donors (Lipinski definition) is 2. The number of anilines is 1. The molecule has 0 radical (unpaired) electrons. The van der Waals surface area contributed by atoms with Crippen molar-refractivity contribution in [2.24, 2.45) is 0 Å². The van der Waals surface area contributed by atoms with E-state index in [0.29, 0.717) is 16.4 Å². The highest BCUT2D eigenvalue weighted by Gasteiger charge is 2.19. The summed E-state index contributed by atoms with van der Waals surface area (Å²) in [6.45, 7) is 4.52. The van der Waals surface area contributed by atoms with Crippen molar-refractivity contribution in [1.82, 2.24) is 5.32 Å². The molecule has 1 aromatic carbocycles. The highest BCUT2D eigenvalue weighted by atomic mass is 79.9. The summed E-state index contributed by atoms with van der Waals surface area (Å²) in [6, 6.07) is 7.30. The Hall–Kier alpha value is -0.890. The number of benzene rings is 1. The molecule has 0 saturated heterocycles. The third-order valence-electron chi connectivity index (χ3n) is 2.92. The maximum atomic E-state index is 12.5. The molecule has 114 valence electrons. The van der Waals surface area contributed by atoms with Gasteiger partial charge in [0.2, 0.25) is 0 Å². The molecule has 1 aromatic heterocycles. The zero-order chi connectivity index (χ0) is 15.6. The van der Waals surface area contributed by atoms with Crippen LogP contribution in [0, 0.1) is 13.8 Å². The Kier molecular flexibility index (Phi) is 5.08. The van der Waals surface area contributed by atoms with Crippen LogP contribution in [0.2, 0.25) is 0 Å². The lowest BCUT2D eigenvalue weighted by Gasteiger charge is -2.12. The maximum Gasteiger partial charge on any atom is 0.271 e. The van der Waals surface area contributed by atoms with Gasteiger partial charge in [0.05, 0.1) is 5.69 Å². The third kappa shape index (κ3) is 3.85. The van der Waals surface area contributed by atoms with E-state index >= 15 is 0 Å². The fourth-order valence-electron chi connectivity index (χ4n) is 2.00. The lowest BCUT2D eigenvalue weighted by Crippen LogP contribution is -2.13. The van der Waals surface area contributed by atoms with E-state index in [2.05, 4.69) is 26.0 Å². The number of thiophene rings is 1. The molecule has 2 N–H and O–H groups in total. The summed E-state index contributed by atoms with van der Waals surface area (Å²) in [5.41, 5.74) is 2.55. The van der Waals surface area contributed by atoms with Gasteiger partial charge in [0.15, 0.2) is 0 Å². The number of sulfonamides is 1. The topological polar surface area (TPSA) is 58.2 Å². The molecule has 0 spiro atoms. The normalized spacial score (nSPS) is 11.6. The molecule has 0 amide bonds. The smallest absolute Gasteiger partial charge is 0.271 e. The molecule has 1 heterocycles. The summed E-state index contributed by atoms with van der Waals surface area (Å²) in [5.74, 6) is 0. The summed E-state index contributed by atoms with van der Waals surface area (Å²) >= 11 is 4.69. The molecule has 2 rings (SSSR count). The van der Waals surface area contributed by atoms with Crippen molar-refractivity contribution in [2.75, 3.05) is 11.8 Å². The van der Waals surface area contributed by atoms with Crippen LogP contribution in [0.5, 0.6) is 0 Å². The number of nitrogens with one attached hydrogen (secondary N) is 2. The van der Waals surface area contributed by atoms with E-state index in [-0.39, 0.29) is 0 Å². The van der Waals surface area contributed by atoms with E-state index in [0.717, 1.165) is 20.5 Å². The summed E-state index contributed by atoms with van der Waals surface area (Å²) in [4.78, 5) is 0.984.